The van der Waals surface area contributed by atoms with Crippen LogP contribution in [-0.4, -0.2) is 58.0 Å². The summed E-state index contributed by atoms with van der Waals surface area (Å²) in [5, 5.41) is 21.8. The van der Waals surface area contributed by atoms with Gasteiger partial charge in [0.2, 0.25) is 0 Å². The van der Waals surface area contributed by atoms with Crippen molar-refractivity contribution in [2.45, 2.75) is 57.0 Å². The number of ether oxygens (including phenoxy) is 2. The van der Waals surface area contributed by atoms with Gasteiger partial charge in [0.15, 0.2) is 6.04 Å². The first-order valence-electron chi connectivity index (χ1n) is 11.5. The fraction of sp³-hybridized carbons (Fsp3) is 0.522. The number of aromatic nitrogens is 3. The number of hydrogen-bond acceptors (Lipinski definition) is 9. The number of nitro groups is 1. The Morgan fingerprint density at radius 1 is 1.19 bits per heavy atom. The minimum absolute atomic E-state index is 0.121. The summed E-state index contributed by atoms with van der Waals surface area (Å²) in [5.74, 6) is -1.74. The molecule has 1 fully saturated rings. The zero-order valence-corrected chi connectivity index (χ0v) is 20.8. The molecule has 36 heavy (non-hydrogen) atoms. The van der Waals surface area contributed by atoms with Gasteiger partial charge >= 0.3 is 17.6 Å². The summed E-state index contributed by atoms with van der Waals surface area (Å²) in [7, 11) is 2.46. The standard InChI is InChI=1S/C23H28ClN5O7/c1-35-22(31)18(25-21(30)16-9-6-10-17(24)20(16)29(33)34)12-15-13-28(27-26-15)19(23(32)36-2)11-14-7-4-3-5-8-14/h6,9-10,13-14,18-19H,3-5,7-8,11-12H2,1-2H3,(H,25,30)/t18-,19+/m1/s1. The third kappa shape index (κ3) is 6.56. The highest BCUT2D eigenvalue weighted by molar-refractivity contribution is 6.33. The summed E-state index contributed by atoms with van der Waals surface area (Å²) in [4.78, 5) is 48.3. The Kier molecular flexibility index (Phi) is 9.34. The molecule has 1 aliphatic carbocycles. The number of halogens is 1. The quantitative estimate of drug-likeness (QED) is 0.282. The fourth-order valence-corrected chi connectivity index (χ4v) is 4.65. The predicted octanol–water partition coefficient (Wildman–Crippen LogP) is 3.04. The molecule has 1 amide bonds. The van der Waals surface area contributed by atoms with Gasteiger partial charge in [0.1, 0.15) is 16.6 Å². The van der Waals surface area contributed by atoms with E-state index in [9.17, 15) is 24.5 Å². The van der Waals surface area contributed by atoms with Crippen LogP contribution >= 0.6 is 11.6 Å². The lowest BCUT2D eigenvalue weighted by Crippen LogP contribution is -2.43. The molecule has 12 nitrogen and oxygen atoms in total. The third-order valence-corrected chi connectivity index (χ3v) is 6.55. The molecule has 1 aromatic carbocycles. The van der Waals surface area contributed by atoms with E-state index in [1.54, 1.807) is 0 Å². The largest absolute Gasteiger partial charge is 0.467 e. The highest BCUT2D eigenvalue weighted by atomic mass is 35.5. The van der Waals surface area contributed by atoms with Crippen LogP contribution in [0.4, 0.5) is 5.69 Å². The first-order valence-corrected chi connectivity index (χ1v) is 11.9. The molecule has 3 rings (SSSR count). The molecular weight excluding hydrogens is 494 g/mol. The smallest absolute Gasteiger partial charge is 0.330 e. The Morgan fingerprint density at radius 3 is 2.53 bits per heavy atom. The first kappa shape index (κ1) is 27.1. The van der Waals surface area contributed by atoms with Gasteiger partial charge in [-0.15, -0.1) is 5.10 Å². The third-order valence-electron chi connectivity index (χ3n) is 6.25. The van der Waals surface area contributed by atoms with Crippen LogP contribution in [0.3, 0.4) is 0 Å². The Bertz CT molecular complexity index is 1120. The fourth-order valence-electron chi connectivity index (χ4n) is 4.41. The number of rotatable bonds is 10. The summed E-state index contributed by atoms with van der Waals surface area (Å²) in [6.07, 6.45) is 7.44. The second kappa shape index (κ2) is 12.4. The van der Waals surface area contributed by atoms with Gasteiger partial charge in [0.05, 0.1) is 24.8 Å². The number of nitrogens with one attached hydrogen (secondary N) is 1. The molecule has 1 heterocycles. The maximum Gasteiger partial charge on any atom is 0.330 e. The second-order valence-electron chi connectivity index (χ2n) is 8.62. The van der Waals surface area contributed by atoms with Crippen molar-refractivity contribution in [1.29, 1.82) is 0 Å². The van der Waals surface area contributed by atoms with E-state index in [0.29, 0.717) is 18.0 Å². The van der Waals surface area contributed by atoms with Crippen LogP contribution in [0.1, 0.15) is 60.6 Å². The van der Waals surface area contributed by atoms with Crippen molar-refractivity contribution in [3.63, 3.8) is 0 Å². The van der Waals surface area contributed by atoms with Crippen LogP contribution in [0.5, 0.6) is 0 Å². The summed E-state index contributed by atoms with van der Waals surface area (Å²) in [5.41, 5.74) is -0.568. The topological polar surface area (TPSA) is 156 Å². The van der Waals surface area contributed by atoms with Gasteiger partial charge in [0.25, 0.3) is 5.91 Å². The maximum atomic E-state index is 12.8. The van der Waals surface area contributed by atoms with Gasteiger partial charge < -0.3 is 14.8 Å². The van der Waals surface area contributed by atoms with Crippen molar-refractivity contribution < 1.29 is 28.8 Å². The van der Waals surface area contributed by atoms with Crippen LogP contribution < -0.4 is 5.32 Å². The number of methoxy groups -OCH3 is 2. The molecule has 13 heteroatoms. The Hall–Kier alpha value is -3.54. The number of hydrogen-bond donors (Lipinski definition) is 1. The monoisotopic (exact) mass is 521 g/mol. The Morgan fingerprint density at radius 2 is 1.89 bits per heavy atom. The molecule has 0 aliphatic heterocycles. The van der Waals surface area contributed by atoms with Crippen molar-refractivity contribution in [1.82, 2.24) is 20.3 Å². The number of nitrogens with zero attached hydrogens (tertiary/aromatic N) is 4. The zero-order valence-electron chi connectivity index (χ0n) is 20.0. The molecule has 2 atom stereocenters. The van der Waals surface area contributed by atoms with E-state index in [1.165, 1.54) is 42.6 Å². The number of carbonyl (C=O) groups is 3. The molecule has 0 saturated heterocycles. The van der Waals surface area contributed by atoms with Crippen molar-refractivity contribution >= 4 is 35.1 Å². The van der Waals surface area contributed by atoms with Gasteiger partial charge in [-0.3, -0.25) is 14.9 Å². The Balaban J connectivity index is 1.78. The maximum absolute atomic E-state index is 12.8. The summed E-state index contributed by atoms with van der Waals surface area (Å²) in [6.45, 7) is 0. The van der Waals surface area contributed by atoms with Gasteiger partial charge in [-0.2, -0.15) is 0 Å². The highest BCUT2D eigenvalue weighted by Gasteiger charge is 2.31. The molecule has 1 aliphatic rings. The molecule has 1 aromatic heterocycles. The van der Waals surface area contributed by atoms with Crippen molar-refractivity contribution in [2.24, 2.45) is 5.92 Å². The minimum Gasteiger partial charge on any atom is -0.467 e. The highest BCUT2D eigenvalue weighted by Crippen LogP contribution is 2.31. The summed E-state index contributed by atoms with van der Waals surface area (Å²) >= 11 is 5.89. The number of amides is 1. The van der Waals surface area contributed by atoms with Crippen LogP contribution in [-0.2, 0) is 25.5 Å². The molecular formula is C23H28ClN5O7. The van der Waals surface area contributed by atoms with E-state index < -0.39 is 40.5 Å². The number of carbonyl (C=O) groups excluding carboxylic acids is 3. The lowest BCUT2D eigenvalue weighted by Gasteiger charge is -2.25. The van der Waals surface area contributed by atoms with Gasteiger partial charge in [-0.25, -0.2) is 14.3 Å². The van der Waals surface area contributed by atoms with Crippen LogP contribution in [0.2, 0.25) is 5.02 Å². The van der Waals surface area contributed by atoms with E-state index in [0.717, 1.165) is 32.8 Å². The van der Waals surface area contributed by atoms with Gasteiger partial charge in [-0.1, -0.05) is 55.0 Å². The van der Waals surface area contributed by atoms with E-state index in [2.05, 4.69) is 15.6 Å². The molecule has 194 valence electrons. The molecule has 0 bridgehead atoms. The van der Waals surface area contributed by atoms with E-state index in [1.807, 2.05) is 0 Å². The van der Waals surface area contributed by atoms with Crippen LogP contribution in [0.25, 0.3) is 0 Å². The molecule has 0 unspecified atom stereocenters. The summed E-state index contributed by atoms with van der Waals surface area (Å²) < 4.78 is 11.2. The minimum atomic E-state index is -1.22. The second-order valence-corrected chi connectivity index (χ2v) is 9.02. The molecule has 1 N–H and O–H groups in total. The number of nitro benzene ring substituents is 1. The Labute approximate surface area is 212 Å². The molecule has 0 spiro atoms. The molecule has 0 radical (unpaired) electrons. The van der Waals surface area contributed by atoms with Gasteiger partial charge in [0, 0.05) is 12.6 Å². The average Bonchev–Trinajstić information content (AvgIpc) is 3.34. The van der Waals surface area contributed by atoms with Gasteiger partial charge in [-0.05, 0) is 24.5 Å². The normalized spacial score (nSPS) is 15.5. The van der Waals surface area contributed by atoms with Crippen molar-refractivity contribution in [2.75, 3.05) is 14.2 Å². The number of benzene rings is 1. The zero-order chi connectivity index (χ0) is 26.2. The van der Waals surface area contributed by atoms with Crippen LogP contribution in [0.15, 0.2) is 24.4 Å². The SMILES string of the molecule is COC(=O)[C@@H](Cc1cn([C@@H](CC2CCCCC2)C(=O)OC)nn1)NC(=O)c1cccc(Cl)c1[N+](=O)[O-]. The van der Waals surface area contributed by atoms with E-state index in [4.69, 9.17) is 21.1 Å². The number of para-hydroxylation sites is 1. The van der Waals surface area contributed by atoms with E-state index >= 15 is 0 Å². The predicted molar refractivity (Wildman–Crippen MR) is 127 cm³/mol. The van der Waals surface area contributed by atoms with E-state index in [-0.39, 0.29) is 17.0 Å². The molecule has 1 saturated carbocycles. The first-order chi connectivity index (χ1) is 17.2. The lowest BCUT2D eigenvalue weighted by molar-refractivity contribution is -0.385. The molecule has 2 aromatic rings. The summed E-state index contributed by atoms with van der Waals surface area (Å²) in [6, 6.07) is 2.02. The van der Waals surface area contributed by atoms with Crippen LogP contribution in [0, 0.1) is 16.0 Å². The number of esters is 2. The van der Waals surface area contributed by atoms with Crippen molar-refractivity contribution in [3.8, 4) is 0 Å². The average molecular weight is 522 g/mol. The lowest BCUT2D eigenvalue weighted by atomic mass is 9.85. The van der Waals surface area contributed by atoms with Crippen molar-refractivity contribution in [3.05, 3.63) is 50.8 Å².